The maximum Gasteiger partial charge on any atom is 0.233 e. The average molecular weight is 241 g/mol. The Balaban J connectivity index is 2.20. The van der Waals surface area contributed by atoms with E-state index in [0.29, 0.717) is 24.7 Å². The van der Waals surface area contributed by atoms with Gasteiger partial charge in [0.25, 0.3) is 0 Å². The van der Waals surface area contributed by atoms with E-state index in [0.717, 1.165) is 25.9 Å². The van der Waals surface area contributed by atoms with E-state index in [2.05, 4.69) is 19.3 Å². The van der Waals surface area contributed by atoms with Crippen molar-refractivity contribution in [2.24, 2.45) is 17.7 Å². The van der Waals surface area contributed by atoms with Gasteiger partial charge in [0, 0.05) is 25.9 Å². The highest BCUT2D eigenvalue weighted by Crippen LogP contribution is 2.24. The summed E-state index contributed by atoms with van der Waals surface area (Å²) in [5.41, 5.74) is 2.10. The summed E-state index contributed by atoms with van der Waals surface area (Å²) in [6.45, 7) is 5.96. The van der Waals surface area contributed by atoms with Crippen molar-refractivity contribution >= 4 is 11.8 Å². The molecule has 0 aliphatic carbocycles. The third kappa shape index (κ3) is 4.34. The van der Waals surface area contributed by atoms with E-state index in [1.54, 1.807) is 0 Å². The van der Waals surface area contributed by atoms with Gasteiger partial charge in [-0.3, -0.25) is 15.0 Å². The lowest BCUT2D eigenvalue weighted by molar-refractivity contribution is -0.127. The van der Waals surface area contributed by atoms with Crippen LogP contribution in [0, 0.1) is 11.8 Å². The molecule has 0 aromatic rings. The smallest absolute Gasteiger partial charge is 0.233 e. The number of carbonyl (C=O) groups is 2. The van der Waals surface area contributed by atoms with Gasteiger partial charge in [0.2, 0.25) is 11.8 Å². The van der Waals surface area contributed by atoms with Crippen molar-refractivity contribution in [1.29, 1.82) is 0 Å². The van der Waals surface area contributed by atoms with Gasteiger partial charge in [-0.05, 0) is 24.7 Å². The van der Waals surface area contributed by atoms with E-state index in [9.17, 15) is 9.59 Å². The lowest BCUT2D eigenvalue weighted by Crippen LogP contribution is -2.30. The fraction of sp³-hybridized carbons (Fsp3) is 0.833. The number of rotatable bonds is 6. The summed E-state index contributed by atoms with van der Waals surface area (Å²) in [7, 11) is 0. The molecule has 1 rings (SSSR count). The number of carbonyl (C=O) groups excluding carboxylic acids is 2. The number of hydrogen-bond donors (Lipinski definition) is 2. The predicted molar refractivity (Wildman–Crippen MR) is 65.7 cm³/mol. The van der Waals surface area contributed by atoms with Crippen molar-refractivity contribution in [1.82, 2.24) is 10.3 Å². The number of nitrogens with one attached hydrogen (secondary N) is 1. The van der Waals surface area contributed by atoms with Crippen LogP contribution in [0.3, 0.4) is 0 Å². The maximum atomic E-state index is 11.7. The largest absolute Gasteiger partial charge is 0.342 e. The average Bonchev–Trinajstić information content (AvgIpc) is 2.66. The third-order valence-electron chi connectivity index (χ3n) is 3.43. The first kappa shape index (κ1) is 14.0. The topological polar surface area (TPSA) is 75.4 Å². The summed E-state index contributed by atoms with van der Waals surface area (Å²) in [5, 5.41) is 0. The molecular weight excluding hydrogens is 218 g/mol. The van der Waals surface area contributed by atoms with Crippen LogP contribution in [0.4, 0.5) is 0 Å². The van der Waals surface area contributed by atoms with E-state index in [-0.39, 0.29) is 11.8 Å². The second-order valence-electron chi connectivity index (χ2n) is 5.07. The monoisotopic (exact) mass is 241 g/mol. The normalized spacial score (nSPS) is 20.1. The van der Waals surface area contributed by atoms with E-state index in [4.69, 9.17) is 5.84 Å². The number of likely N-dealkylation sites (tertiary alicyclic amines) is 1. The highest BCUT2D eigenvalue weighted by Gasteiger charge is 2.30. The van der Waals surface area contributed by atoms with Crippen molar-refractivity contribution in [2.75, 3.05) is 13.1 Å². The molecule has 1 fully saturated rings. The van der Waals surface area contributed by atoms with Gasteiger partial charge in [-0.1, -0.05) is 13.8 Å². The fourth-order valence-corrected chi connectivity index (χ4v) is 2.13. The van der Waals surface area contributed by atoms with Crippen LogP contribution in [0.15, 0.2) is 0 Å². The Bertz CT molecular complexity index is 279. The van der Waals surface area contributed by atoms with E-state index in [1.165, 1.54) is 0 Å². The Morgan fingerprint density at radius 1 is 1.53 bits per heavy atom. The Hall–Kier alpha value is -1.10. The number of nitrogens with two attached hydrogens (primary N) is 1. The van der Waals surface area contributed by atoms with E-state index >= 15 is 0 Å². The van der Waals surface area contributed by atoms with Gasteiger partial charge in [-0.15, -0.1) is 0 Å². The summed E-state index contributed by atoms with van der Waals surface area (Å²) < 4.78 is 0. The molecule has 3 N–H and O–H groups in total. The van der Waals surface area contributed by atoms with Crippen LogP contribution in [-0.4, -0.2) is 29.8 Å². The summed E-state index contributed by atoms with van der Waals surface area (Å²) in [4.78, 5) is 24.5. The van der Waals surface area contributed by atoms with Crippen molar-refractivity contribution in [3.8, 4) is 0 Å². The first-order valence-corrected chi connectivity index (χ1v) is 6.31. The maximum absolute atomic E-state index is 11.7. The molecule has 5 heteroatoms. The van der Waals surface area contributed by atoms with Gasteiger partial charge in [-0.25, -0.2) is 5.84 Å². The predicted octanol–water partition coefficient (Wildman–Crippen LogP) is 0.651. The van der Waals surface area contributed by atoms with E-state index in [1.807, 2.05) is 4.90 Å². The van der Waals surface area contributed by atoms with Crippen LogP contribution in [0.2, 0.25) is 0 Å². The second-order valence-corrected chi connectivity index (χ2v) is 5.07. The number of hydrogen-bond acceptors (Lipinski definition) is 3. The van der Waals surface area contributed by atoms with Crippen LogP contribution in [0.1, 0.15) is 39.5 Å². The third-order valence-corrected chi connectivity index (χ3v) is 3.43. The standard InChI is InChI=1S/C12H23N3O2/c1-9(2)10-7-12(17)15(8-10)6-4-3-5-11(16)14-13/h9-10H,3-8,13H2,1-2H3,(H,14,16). The molecule has 98 valence electrons. The van der Waals surface area contributed by atoms with Gasteiger partial charge in [0.1, 0.15) is 0 Å². The molecule has 17 heavy (non-hydrogen) atoms. The number of unbranched alkanes of at least 4 members (excludes halogenated alkanes) is 1. The van der Waals surface area contributed by atoms with Gasteiger partial charge in [-0.2, -0.15) is 0 Å². The van der Waals surface area contributed by atoms with Crippen LogP contribution < -0.4 is 11.3 Å². The molecule has 0 radical (unpaired) electrons. The van der Waals surface area contributed by atoms with Crippen LogP contribution in [0.5, 0.6) is 0 Å². The van der Waals surface area contributed by atoms with Crippen molar-refractivity contribution < 1.29 is 9.59 Å². The molecule has 1 aliphatic rings. The number of amides is 2. The molecule has 2 amide bonds. The zero-order chi connectivity index (χ0) is 12.8. The summed E-state index contributed by atoms with van der Waals surface area (Å²) >= 11 is 0. The SMILES string of the molecule is CC(C)C1CC(=O)N(CCCCC(=O)NN)C1. The Morgan fingerprint density at radius 2 is 2.24 bits per heavy atom. The molecule has 1 saturated heterocycles. The van der Waals surface area contributed by atoms with Crippen molar-refractivity contribution in [2.45, 2.75) is 39.5 Å². The zero-order valence-electron chi connectivity index (χ0n) is 10.7. The first-order valence-electron chi connectivity index (χ1n) is 6.31. The Labute approximate surface area is 103 Å². The molecule has 0 saturated carbocycles. The van der Waals surface area contributed by atoms with Crippen LogP contribution >= 0.6 is 0 Å². The lowest BCUT2D eigenvalue weighted by Gasteiger charge is -2.17. The zero-order valence-corrected chi connectivity index (χ0v) is 10.7. The van der Waals surface area contributed by atoms with Crippen LogP contribution in [-0.2, 0) is 9.59 Å². The minimum absolute atomic E-state index is 0.141. The number of hydrazine groups is 1. The van der Waals surface area contributed by atoms with Crippen molar-refractivity contribution in [3.63, 3.8) is 0 Å². The summed E-state index contributed by atoms with van der Waals surface area (Å²) in [5.74, 6) is 6.16. The summed E-state index contributed by atoms with van der Waals surface area (Å²) in [6, 6.07) is 0. The Kier molecular flexibility index (Phi) is 5.41. The molecule has 0 bridgehead atoms. The highest BCUT2D eigenvalue weighted by molar-refractivity contribution is 5.78. The quantitative estimate of drug-likeness (QED) is 0.310. The second kappa shape index (κ2) is 6.59. The molecule has 1 heterocycles. The van der Waals surface area contributed by atoms with Gasteiger partial charge in [0.05, 0.1) is 0 Å². The van der Waals surface area contributed by atoms with E-state index < -0.39 is 0 Å². The molecule has 1 unspecified atom stereocenters. The highest BCUT2D eigenvalue weighted by atomic mass is 16.2. The van der Waals surface area contributed by atoms with Gasteiger partial charge < -0.3 is 4.90 Å². The molecule has 1 atom stereocenters. The summed E-state index contributed by atoms with van der Waals surface area (Å²) in [6.07, 6.45) is 2.76. The fourth-order valence-electron chi connectivity index (χ4n) is 2.13. The molecule has 1 aliphatic heterocycles. The number of nitrogens with zero attached hydrogens (tertiary/aromatic N) is 1. The Morgan fingerprint density at radius 3 is 2.76 bits per heavy atom. The van der Waals surface area contributed by atoms with Crippen LogP contribution in [0.25, 0.3) is 0 Å². The molecule has 0 spiro atoms. The van der Waals surface area contributed by atoms with Crippen molar-refractivity contribution in [3.05, 3.63) is 0 Å². The van der Waals surface area contributed by atoms with Gasteiger partial charge >= 0.3 is 0 Å². The first-order chi connectivity index (χ1) is 8.04. The minimum atomic E-state index is -0.141. The molecule has 5 nitrogen and oxygen atoms in total. The molecular formula is C12H23N3O2. The van der Waals surface area contributed by atoms with Gasteiger partial charge in [0.15, 0.2) is 0 Å². The lowest BCUT2D eigenvalue weighted by atomic mass is 9.95. The minimum Gasteiger partial charge on any atom is -0.342 e. The molecule has 0 aromatic heterocycles. The molecule has 0 aromatic carbocycles.